The number of aromatic nitrogens is 1. The third-order valence-corrected chi connectivity index (χ3v) is 7.03. The van der Waals surface area contributed by atoms with Crippen LogP contribution in [0.5, 0.6) is 5.88 Å². The van der Waals surface area contributed by atoms with Crippen LogP contribution in [0.15, 0.2) is 12.1 Å². The molecular weight excluding hydrogens is 452 g/mol. The molecule has 176 valence electrons. The van der Waals surface area contributed by atoms with E-state index < -0.39 is 6.04 Å². The van der Waals surface area contributed by atoms with Crippen LogP contribution in [0.3, 0.4) is 0 Å². The summed E-state index contributed by atoms with van der Waals surface area (Å²) in [5.41, 5.74) is 0.605. The number of piperidine rings is 1. The monoisotopic (exact) mass is 482 g/mol. The first kappa shape index (κ1) is 24.5. The number of nitrogens with zero attached hydrogens (tertiary/aromatic N) is 3. The van der Waals surface area contributed by atoms with Crippen molar-refractivity contribution in [2.45, 2.75) is 39.2 Å². The van der Waals surface area contributed by atoms with Crippen molar-refractivity contribution < 1.29 is 19.1 Å². The Hall–Kier alpha value is -2.13. The molecule has 1 aromatic rings. The number of hydrogen-bond donors (Lipinski definition) is 1. The van der Waals surface area contributed by atoms with Gasteiger partial charge in [-0.3, -0.25) is 4.79 Å². The lowest BCUT2D eigenvalue weighted by molar-refractivity contribution is -0.143. The second kappa shape index (κ2) is 10.2. The number of hydrogen-bond acceptors (Lipinski definition) is 6. The number of amides is 1. The molecule has 0 radical (unpaired) electrons. The van der Waals surface area contributed by atoms with Gasteiger partial charge < -0.3 is 24.6 Å². The van der Waals surface area contributed by atoms with E-state index in [1.165, 1.54) is 14.2 Å². The highest BCUT2D eigenvalue weighted by molar-refractivity contribution is 7.80. The van der Waals surface area contributed by atoms with E-state index >= 15 is 0 Å². The molecule has 32 heavy (non-hydrogen) atoms. The number of esters is 1. The van der Waals surface area contributed by atoms with E-state index in [0.717, 1.165) is 32.4 Å². The van der Waals surface area contributed by atoms with Crippen LogP contribution in [0, 0.1) is 11.3 Å². The number of rotatable bonds is 5. The molecule has 1 spiro atoms. The highest BCUT2D eigenvalue weighted by Gasteiger charge is 2.42. The first-order valence-corrected chi connectivity index (χ1v) is 11.6. The summed E-state index contributed by atoms with van der Waals surface area (Å²) in [6.07, 6.45) is 2.81. The normalized spacial score (nSPS) is 18.6. The van der Waals surface area contributed by atoms with Crippen molar-refractivity contribution in [2.75, 3.05) is 40.4 Å². The molecule has 2 saturated heterocycles. The van der Waals surface area contributed by atoms with Crippen LogP contribution < -0.4 is 10.1 Å². The van der Waals surface area contributed by atoms with Crippen LogP contribution in [-0.2, 0) is 9.53 Å². The molecule has 3 rings (SSSR count). The zero-order chi connectivity index (χ0) is 23.5. The first-order valence-electron chi connectivity index (χ1n) is 10.8. The average Bonchev–Trinajstić information content (AvgIpc) is 3.19. The second-order valence-electron chi connectivity index (χ2n) is 8.88. The Balaban J connectivity index is 1.58. The van der Waals surface area contributed by atoms with Gasteiger partial charge in [0.2, 0.25) is 5.88 Å². The standard InChI is InChI=1S/C22H31ClN4O4S/c1-14(2)18(20(29)31-4)25-21(32)27-10-7-22(13-27)5-8-26(9-6-22)19(28)15-11-16(23)24-17(12-15)30-3/h11-12,14,18H,5-10,13H2,1-4H3,(H,25,32). The van der Waals surface area contributed by atoms with Crippen molar-refractivity contribution in [3.63, 3.8) is 0 Å². The third-order valence-electron chi connectivity index (χ3n) is 6.46. The van der Waals surface area contributed by atoms with Gasteiger partial charge in [-0.25, -0.2) is 9.78 Å². The Labute approximate surface area is 199 Å². The van der Waals surface area contributed by atoms with Gasteiger partial charge >= 0.3 is 5.97 Å². The molecule has 1 aromatic heterocycles. The van der Waals surface area contributed by atoms with Crippen LogP contribution in [0.1, 0.15) is 43.5 Å². The summed E-state index contributed by atoms with van der Waals surface area (Å²) in [6, 6.07) is 2.73. The molecule has 2 aliphatic heterocycles. The fourth-order valence-electron chi connectivity index (χ4n) is 4.43. The van der Waals surface area contributed by atoms with Crippen molar-refractivity contribution in [1.29, 1.82) is 0 Å². The Morgan fingerprint density at radius 3 is 2.34 bits per heavy atom. The summed E-state index contributed by atoms with van der Waals surface area (Å²) < 4.78 is 10.0. The largest absolute Gasteiger partial charge is 0.481 e. The number of ether oxygens (including phenoxy) is 2. The smallest absolute Gasteiger partial charge is 0.328 e. The van der Waals surface area contributed by atoms with Gasteiger partial charge in [0.05, 0.1) is 14.2 Å². The van der Waals surface area contributed by atoms with E-state index in [2.05, 4.69) is 15.2 Å². The molecule has 1 N–H and O–H groups in total. The molecule has 10 heteroatoms. The quantitative estimate of drug-likeness (QED) is 0.389. The van der Waals surface area contributed by atoms with Crippen LogP contribution in [0.2, 0.25) is 5.15 Å². The molecule has 0 bridgehead atoms. The lowest BCUT2D eigenvalue weighted by Crippen LogP contribution is -2.51. The summed E-state index contributed by atoms with van der Waals surface area (Å²) >= 11 is 11.6. The minimum absolute atomic E-state index is 0.0616. The zero-order valence-corrected chi connectivity index (χ0v) is 20.6. The maximum absolute atomic E-state index is 13.0. The predicted molar refractivity (Wildman–Crippen MR) is 126 cm³/mol. The van der Waals surface area contributed by atoms with Crippen molar-refractivity contribution in [2.24, 2.45) is 11.3 Å². The van der Waals surface area contributed by atoms with Gasteiger partial charge in [0, 0.05) is 37.8 Å². The third kappa shape index (κ3) is 5.43. The SMILES string of the molecule is COC(=O)C(NC(=S)N1CCC2(CCN(C(=O)c3cc(Cl)nc(OC)c3)CC2)C1)C(C)C. The number of methoxy groups -OCH3 is 2. The molecule has 1 unspecified atom stereocenters. The van der Waals surface area contributed by atoms with Crippen molar-refractivity contribution in [3.8, 4) is 5.88 Å². The van der Waals surface area contributed by atoms with Gasteiger partial charge in [0.15, 0.2) is 5.11 Å². The molecule has 0 aliphatic carbocycles. The lowest BCUT2D eigenvalue weighted by Gasteiger charge is -2.39. The molecule has 2 aliphatic rings. The van der Waals surface area contributed by atoms with Gasteiger partial charge in [0.25, 0.3) is 5.91 Å². The van der Waals surface area contributed by atoms with E-state index in [9.17, 15) is 9.59 Å². The Morgan fingerprint density at radius 1 is 1.16 bits per heavy atom. The predicted octanol–water partition coefficient (Wildman–Crippen LogP) is 2.74. The lowest BCUT2D eigenvalue weighted by atomic mass is 9.77. The number of halogens is 1. The topological polar surface area (TPSA) is 84.0 Å². The Morgan fingerprint density at radius 2 is 1.78 bits per heavy atom. The fraction of sp³-hybridized carbons (Fsp3) is 0.636. The molecule has 8 nitrogen and oxygen atoms in total. The number of pyridine rings is 1. The fourth-order valence-corrected chi connectivity index (χ4v) is 4.92. The molecule has 3 heterocycles. The summed E-state index contributed by atoms with van der Waals surface area (Å²) in [4.78, 5) is 33.1. The van der Waals surface area contributed by atoms with E-state index in [4.69, 9.17) is 33.3 Å². The zero-order valence-electron chi connectivity index (χ0n) is 19.0. The van der Waals surface area contributed by atoms with Gasteiger partial charge in [-0.15, -0.1) is 0 Å². The molecule has 0 aromatic carbocycles. The van der Waals surface area contributed by atoms with Gasteiger partial charge in [-0.1, -0.05) is 25.4 Å². The average molecular weight is 483 g/mol. The summed E-state index contributed by atoms with van der Waals surface area (Å²) in [7, 11) is 2.88. The van der Waals surface area contributed by atoms with Gasteiger partial charge in [-0.05, 0) is 48.9 Å². The molecule has 0 saturated carbocycles. The van der Waals surface area contributed by atoms with Crippen molar-refractivity contribution in [3.05, 3.63) is 22.8 Å². The highest BCUT2D eigenvalue weighted by Crippen LogP contribution is 2.40. The van der Waals surface area contributed by atoms with Crippen LogP contribution in [0.4, 0.5) is 0 Å². The number of likely N-dealkylation sites (tertiary alicyclic amines) is 2. The number of carbonyl (C=O) groups is 2. The van der Waals surface area contributed by atoms with Gasteiger partial charge in [0.1, 0.15) is 11.2 Å². The number of carbonyl (C=O) groups excluding carboxylic acids is 2. The van der Waals surface area contributed by atoms with Crippen LogP contribution >= 0.6 is 23.8 Å². The summed E-state index contributed by atoms with van der Waals surface area (Å²) in [6.45, 7) is 6.92. The maximum atomic E-state index is 13.0. The minimum atomic E-state index is -0.465. The second-order valence-corrected chi connectivity index (χ2v) is 9.65. The Bertz CT molecular complexity index is 873. The molecule has 1 amide bonds. The minimum Gasteiger partial charge on any atom is -0.481 e. The molecule has 2 fully saturated rings. The van der Waals surface area contributed by atoms with Crippen LogP contribution in [0.25, 0.3) is 0 Å². The summed E-state index contributed by atoms with van der Waals surface area (Å²) in [5, 5.41) is 4.01. The molecule has 1 atom stereocenters. The van der Waals surface area contributed by atoms with E-state index in [0.29, 0.717) is 29.6 Å². The van der Waals surface area contributed by atoms with E-state index in [1.807, 2.05) is 18.7 Å². The Kier molecular flexibility index (Phi) is 7.82. The van der Waals surface area contributed by atoms with Crippen molar-refractivity contribution in [1.82, 2.24) is 20.1 Å². The van der Waals surface area contributed by atoms with E-state index in [-0.39, 0.29) is 28.4 Å². The number of nitrogens with one attached hydrogen (secondary N) is 1. The summed E-state index contributed by atoms with van der Waals surface area (Å²) in [5.74, 6) is 0.0169. The maximum Gasteiger partial charge on any atom is 0.328 e. The van der Waals surface area contributed by atoms with Crippen LogP contribution in [-0.4, -0.2) is 78.2 Å². The van der Waals surface area contributed by atoms with Gasteiger partial charge in [-0.2, -0.15) is 0 Å². The number of thiocarbonyl (C=S) groups is 1. The van der Waals surface area contributed by atoms with Crippen molar-refractivity contribution >= 4 is 40.8 Å². The molecular formula is C22H31ClN4O4S. The first-order chi connectivity index (χ1) is 15.2. The highest BCUT2D eigenvalue weighted by atomic mass is 35.5. The van der Waals surface area contributed by atoms with E-state index in [1.54, 1.807) is 12.1 Å².